The van der Waals surface area contributed by atoms with Crippen LogP contribution in [-0.2, 0) is 4.74 Å². The van der Waals surface area contributed by atoms with Crippen molar-refractivity contribution in [3.05, 3.63) is 47.2 Å². The zero-order valence-electron chi connectivity index (χ0n) is 14.9. The van der Waals surface area contributed by atoms with Gasteiger partial charge in [-0.1, -0.05) is 41.9 Å². The van der Waals surface area contributed by atoms with Crippen molar-refractivity contribution in [1.29, 1.82) is 0 Å². The molecular weight excluding hydrogens is 372 g/mol. The van der Waals surface area contributed by atoms with E-state index in [1.807, 2.05) is 6.07 Å². The number of nitrogens with one attached hydrogen (secondary N) is 1. The van der Waals surface area contributed by atoms with Crippen LogP contribution < -0.4 is 5.32 Å². The smallest absolute Gasteiger partial charge is 0.413 e. The van der Waals surface area contributed by atoms with E-state index in [4.69, 9.17) is 16.3 Å². The van der Waals surface area contributed by atoms with Gasteiger partial charge in [0.1, 0.15) is 22.1 Å². The van der Waals surface area contributed by atoms with Crippen LogP contribution in [0.3, 0.4) is 0 Å². The molecule has 0 atom stereocenters. The third kappa shape index (κ3) is 3.85. The molecular formula is C18H17ClN4O4. The maximum absolute atomic E-state index is 12.4. The van der Waals surface area contributed by atoms with E-state index in [1.165, 1.54) is 4.52 Å². The van der Waals surface area contributed by atoms with Crippen molar-refractivity contribution in [2.75, 3.05) is 5.32 Å². The number of aromatic nitrogens is 3. The van der Waals surface area contributed by atoms with E-state index < -0.39 is 17.7 Å². The lowest BCUT2D eigenvalue weighted by Gasteiger charge is -2.21. The van der Waals surface area contributed by atoms with Gasteiger partial charge in [-0.05, 0) is 26.3 Å². The quantitative estimate of drug-likeness (QED) is 0.654. The fourth-order valence-electron chi connectivity index (χ4n) is 2.49. The maximum atomic E-state index is 12.4. The van der Waals surface area contributed by atoms with Crippen molar-refractivity contribution in [1.82, 2.24) is 14.6 Å². The summed E-state index contributed by atoms with van der Waals surface area (Å²) < 4.78 is 6.53. The highest BCUT2D eigenvalue weighted by atomic mass is 35.5. The van der Waals surface area contributed by atoms with Gasteiger partial charge in [-0.2, -0.15) is 9.61 Å². The highest BCUT2D eigenvalue weighted by Gasteiger charge is 2.24. The Labute approximate surface area is 159 Å². The topological polar surface area (TPSA) is 106 Å². The van der Waals surface area contributed by atoms with Crippen LogP contribution in [0.4, 0.5) is 10.6 Å². The molecule has 0 fully saturated rings. The van der Waals surface area contributed by atoms with E-state index in [2.05, 4.69) is 15.4 Å². The first-order valence-corrected chi connectivity index (χ1v) is 8.41. The minimum Gasteiger partial charge on any atom is -0.477 e. The Hall–Kier alpha value is -3.13. The molecule has 2 heterocycles. The molecule has 0 saturated carbocycles. The number of carboxylic acid groups (broad SMARTS) is 1. The number of nitrogens with zero attached hydrogens (tertiary/aromatic N) is 3. The maximum Gasteiger partial charge on any atom is 0.413 e. The van der Waals surface area contributed by atoms with E-state index in [0.717, 1.165) is 6.20 Å². The standard InChI is InChI=1S/C18H17ClN4O4/c1-18(2,3)27-17(26)22-15-12(10-7-5-4-6-8-10)13(19)21-14-11(16(24)25)9-20-23(14)15/h4-9H,1-3H3,(H,22,26)(H,24,25). The molecule has 3 aromatic rings. The molecule has 0 saturated heterocycles. The highest BCUT2D eigenvalue weighted by molar-refractivity contribution is 6.33. The molecule has 0 radical (unpaired) electrons. The van der Waals surface area contributed by atoms with Crippen molar-refractivity contribution < 1.29 is 19.4 Å². The van der Waals surface area contributed by atoms with Crippen LogP contribution in [0.2, 0.25) is 5.15 Å². The van der Waals surface area contributed by atoms with Crippen molar-refractivity contribution in [2.24, 2.45) is 0 Å². The first-order valence-electron chi connectivity index (χ1n) is 8.03. The predicted octanol–water partition coefficient (Wildman–Crippen LogP) is 4.09. The SMILES string of the molecule is CC(C)(C)OC(=O)Nc1c(-c2ccccc2)c(Cl)nc2c(C(=O)O)cnn12. The molecule has 8 nitrogen and oxygen atoms in total. The van der Waals surface area contributed by atoms with Crippen LogP contribution in [-0.4, -0.2) is 37.4 Å². The first kappa shape index (κ1) is 18.7. The van der Waals surface area contributed by atoms with E-state index in [1.54, 1.807) is 45.0 Å². The van der Waals surface area contributed by atoms with Gasteiger partial charge in [0.05, 0.1) is 11.8 Å². The van der Waals surface area contributed by atoms with Gasteiger partial charge in [-0.3, -0.25) is 5.32 Å². The number of hydrogen-bond donors (Lipinski definition) is 2. The van der Waals surface area contributed by atoms with Crippen LogP contribution in [0.25, 0.3) is 16.8 Å². The summed E-state index contributed by atoms with van der Waals surface area (Å²) in [7, 11) is 0. The Balaban J connectivity index is 2.23. The summed E-state index contributed by atoms with van der Waals surface area (Å²) in [5.41, 5.74) is 0.233. The van der Waals surface area contributed by atoms with Gasteiger partial charge in [0.15, 0.2) is 5.65 Å². The fraction of sp³-hybridized carbons (Fsp3) is 0.222. The summed E-state index contributed by atoms with van der Waals surface area (Å²) in [6, 6.07) is 9.02. The average molecular weight is 389 g/mol. The summed E-state index contributed by atoms with van der Waals surface area (Å²) in [5, 5.41) is 16.0. The number of hydrogen-bond acceptors (Lipinski definition) is 5. The predicted molar refractivity (Wildman–Crippen MR) is 100 cm³/mol. The number of carbonyl (C=O) groups is 2. The van der Waals surface area contributed by atoms with Crippen LogP contribution in [0.1, 0.15) is 31.1 Å². The normalized spacial score (nSPS) is 11.4. The van der Waals surface area contributed by atoms with E-state index in [-0.39, 0.29) is 22.2 Å². The average Bonchev–Trinajstić information content (AvgIpc) is 2.97. The molecule has 9 heteroatoms. The molecule has 27 heavy (non-hydrogen) atoms. The molecule has 3 rings (SSSR count). The van der Waals surface area contributed by atoms with Gasteiger partial charge in [0.25, 0.3) is 0 Å². The molecule has 0 aliphatic rings. The molecule has 140 valence electrons. The van der Waals surface area contributed by atoms with Gasteiger partial charge in [-0.25, -0.2) is 14.6 Å². The van der Waals surface area contributed by atoms with Gasteiger partial charge in [-0.15, -0.1) is 0 Å². The Morgan fingerprint density at radius 2 is 1.89 bits per heavy atom. The Morgan fingerprint density at radius 1 is 1.22 bits per heavy atom. The number of anilines is 1. The fourth-order valence-corrected chi connectivity index (χ4v) is 2.77. The Morgan fingerprint density at radius 3 is 2.48 bits per heavy atom. The van der Waals surface area contributed by atoms with Crippen LogP contribution in [0.15, 0.2) is 36.5 Å². The second-order valence-corrected chi connectivity index (χ2v) is 7.08. The van der Waals surface area contributed by atoms with Gasteiger partial charge >= 0.3 is 12.1 Å². The molecule has 0 spiro atoms. The number of carboxylic acids is 1. The van der Waals surface area contributed by atoms with Crippen molar-refractivity contribution in [2.45, 2.75) is 26.4 Å². The summed E-state index contributed by atoms with van der Waals surface area (Å²) in [6.45, 7) is 5.20. The molecule has 0 aliphatic heterocycles. The zero-order valence-corrected chi connectivity index (χ0v) is 15.6. The lowest BCUT2D eigenvalue weighted by molar-refractivity contribution is 0.0633. The number of rotatable bonds is 3. The lowest BCUT2D eigenvalue weighted by atomic mass is 10.1. The zero-order chi connectivity index (χ0) is 19.8. The van der Waals surface area contributed by atoms with E-state index >= 15 is 0 Å². The lowest BCUT2D eigenvalue weighted by Crippen LogP contribution is -2.28. The third-order valence-corrected chi connectivity index (χ3v) is 3.79. The largest absolute Gasteiger partial charge is 0.477 e. The molecule has 0 unspecified atom stereocenters. The van der Waals surface area contributed by atoms with E-state index in [9.17, 15) is 14.7 Å². The van der Waals surface area contributed by atoms with Gasteiger partial charge in [0, 0.05) is 0 Å². The minimum absolute atomic E-state index is 0.0123. The number of ether oxygens (including phenoxy) is 1. The molecule has 1 amide bonds. The number of fused-ring (bicyclic) bond motifs is 1. The summed E-state index contributed by atoms with van der Waals surface area (Å²) in [6.07, 6.45) is 0.423. The summed E-state index contributed by atoms with van der Waals surface area (Å²) in [4.78, 5) is 27.9. The number of carbonyl (C=O) groups excluding carboxylic acids is 1. The van der Waals surface area contributed by atoms with E-state index in [0.29, 0.717) is 11.1 Å². The first-order chi connectivity index (χ1) is 12.7. The molecule has 0 aliphatic carbocycles. The highest BCUT2D eigenvalue weighted by Crippen LogP contribution is 2.35. The van der Waals surface area contributed by atoms with Crippen molar-refractivity contribution in [3.8, 4) is 11.1 Å². The summed E-state index contributed by atoms with van der Waals surface area (Å²) >= 11 is 6.36. The van der Waals surface area contributed by atoms with Crippen LogP contribution >= 0.6 is 11.6 Å². The number of benzene rings is 1. The molecule has 2 N–H and O–H groups in total. The summed E-state index contributed by atoms with van der Waals surface area (Å²) in [5.74, 6) is -1.04. The second-order valence-electron chi connectivity index (χ2n) is 6.72. The van der Waals surface area contributed by atoms with Gasteiger partial charge < -0.3 is 9.84 Å². The monoisotopic (exact) mass is 388 g/mol. The Kier molecular flexibility index (Phi) is 4.75. The molecule has 0 bridgehead atoms. The molecule has 2 aromatic heterocycles. The van der Waals surface area contributed by atoms with Gasteiger partial charge in [0.2, 0.25) is 0 Å². The van der Waals surface area contributed by atoms with Crippen molar-refractivity contribution in [3.63, 3.8) is 0 Å². The number of halogens is 1. The number of aromatic carboxylic acids is 1. The minimum atomic E-state index is -1.20. The second kappa shape index (κ2) is 6.88. The van der Waals surface area contributed by atoms with Crippen LogP contribution in [0, 0.1) is 0 Å². The van der Waals surface area contributed by atoms with Crippen LogP contribution in [0.5, 0.6) is 0 Å². The number of amides is 1. The molecule has 1 aromatic carbocycles. The Bertz CT molecular complexity index is 1030. The third-order valence-electron chi connectivity index (χ3n) is 3.52. The van der Waals surface area contributed by atoms with Crippen molar-refractivity contribution >= 4 is 35.1 Å².